The molecule has 1 heterocycles. The summed E-state index contributed by atoms with van der Waals surface area (Å²) < 4.78 is 0. The summed E-state index contributed by atoms with van der Waals surface area (Å²) in [6, 6.07) is 0.382. The van der Waals surface area contributed by atoms with Crippen molar-refractivity contribution in [2.24, 2.45) is 5.92 Å². The van der Waals surface area contributed by atoms with Crippen LogP contribution in [-0.4, -0.2) is 46.1 Å². The highest BCUT2D eigenvalue weighted by molar-refractivity contribution is 5.78. The summed E-state index contributed by atoms with van der Waals surface area (Å²) in [7, 11) is 3.64. The van der Waals surface area contributed by atoms with Gasteiger partial charge in [-0.15, -0.1) is 5.10 Å². The van der Waals surface area contributed by atoms with E-state index in [0.29, 0.717) is 6.04 Å². The number of hydrogen-bond acceptors (Lipinski definition) is 5. The van der Waals surface area contributed by atoms with Gasteiger partial charge in [-0.3, -0.25) is 4.79 Å². The fourth-order valence-corrected chi connectivity index (χ4v) is 2.37. The highest BCUT2D eigenvalue weighted by Crippen LogP contribution is 2.27. The Morgan fingerprint density at radius 2 is 2.00 bits per heavy atom. The summed E-state index contributed by atoms with van der Waals surface area (Å²) >= 11 is 0. The summed E-state index contributed by atoms with van der Waals surface area (Å²) in [6.45, 7) is 0. The summed E-state index contributed by atoms with van der Waals surface area (Å²) in [5, 5.41) is 10.8. The molecule has 0 spiro atoms. The molecule has 6 heteroatoms. The van der Waals surface area contributed by atoms with Gasteiger partial charge in [-0.25, -0.2) is 4.98 Å². The lowest BCUT2D eigenvalue weighted by Gasteiger charge is -2.29. The monoisotopic (exact) mass is 249 g/mol. The van der Waals surface area contributed by atoms with Gasteiger partial charge in [0.05, 0.1) is 6.20 Å². The van der Waals surface area contributed by atoms with Gasteiger partial charge >= 0.3 is 0 Å². The standard InChI is InChI=1S/C12H19N5O/c1-17(2)12(18)9-3-5-10(6-4-9)16-11-7-14-15-8-13-11/h7-10H,3-6H2,1-2H3,(H,13,15,16). The molecule has 1 N–H and O–H groups in total. The Morgan fingerprint density at radius 3 is 2.56 bits per heavy atom. The number of hydrogen-bond donors (Lipinski definition) is 1. The van der Waals surface area contributed by atoms with E-state index in [9.17, 15) is 4.79 Å². The Kier molecular flexibility index (Phi) is 4.07. The molecule has 1 aliphatic rings. The Bertz CT molecular complexity index is 387. The maximum absolute atomic E-state index is 11.8. The van der Waals surface area contributed by atoms with Crippen molar-refractivity contribution in [1.29, 1.82) is 0 Å². The Morgan fingerprint density at radius 1 is 1.28 bits per heavy atom. The topological polar surface area (TPSA) is 71.0 Å². The van der Waals surface area contributed by atoms with E-state index in [1.807, 2.05) is 14.1 Å². The molecule has 1 aliphatic carbocycles. The minimum atomic E-state index is 0.182. The van der Waals surface area contributed by atoms with E-state index >= 15 is 0 Å². The molecule has 1 aromatic heterocycles. The van der Waals surface area contributed by atoms with Crippen LogP contribution in [0.1, 0.15) is 25.7 Å². The van der Waals surface area contributed by atoms with Crippen molar-refractivity contribution in [1.82, 2.24) is 20.1 Å². The molecule has 1 aromatic rings. The minimum absolute atomic E-state index is 0.182. The summed E-state index contributed by atoms with van der Waals surface area (Å²) in [6.07, 6.45) is 6.92. The zero-order chi connectivity index (χ0) is 13.0. The van der Waals surface area contributed by atoms with Crippen LogP contribution < -0.4 is 5.32 Å². The lowest BCUT2D eigenvalue weighted by molar-refractivity contribution is -0.133. The molecule has 0 aromatic carbocycles. The zero-order valence-corrected chi connectivity index (χ0v) is 10.8. The van der Waals surface area contributed by atoms with E-state index in [2.05, 4.69) is 20.5 Å². The maximum atomic E-state index is 11.8. The van der Waals surface area contributed by atoms with Crippen LogP contribution in [0, 0.1) is 5.92 Å². The van der Waals surface area contributed by atoms with E-state index in [4.69, 9.17) is 0 Å². The van der Waals surface area contributed by atoms with Crippen LogP contribution in [-0.2, 0) is 4.79 Å². The van der Waals surface area contributed by atoms with Crippen LogP contribution in [0.3, 0.4) is 0 Å². The van der Waals surface area contributed by atoms with Crippen LogP contribution in [0.25, 0.3) is 0 Å². The molecule has 1 saturated carbocycles. The minimum Gasteiger partial charge on any atom is -0.366 e. The molecule has 98 valence electrons. The van der Waals surface area contributed by atoms with Gasteiger partial charge < -0.3 is 10.2 Å². The van der Waals surface area contributed by atoms with Crippen molar-refractivity contribution < 1.29 is 4.79 Å². The highest BCUT2D eigenvalue weighted by Gasteiger charge is 2.27. The third-order valence-corrected chi connectivity index (χ3v) is 3.36. The fraction of sp³-hybridized carbons (Fsp3) is 0.667. The maximum Gasteiger partial charge on any atom is 0.225 e. The zero-order valence-electron chi connectivity index (χ0n) is 10.8. The molecule has 18 heavy (non-hydrogen) atoms. The first kappa shape index (κ1) is 12.7. The van der Waals surface area contributed by atoms with Crippen LogP contribution in [0.15, 0.2) is 12.5 Å². The molecule has 0 bridgehead atoms. The van der Waals surface area contributed by atoms with E-state index in [0.717, 1.165) is 31.5 Å². The van der Waals surface area contributed by atoms with Crippen molar-refractivity contribution in [2.75, 3.05) is 19.4 Å². The molecule has 2 rings (SSSR count). The Balaban J connectivity index is 1.82. The second kappa shape index (κ2) is 5.75. The second-order valence-electron chi connectivity index (χ2n) is 4.92. The lowest BCUT2D eigenvalue weighted by atomic mass is 9.85. The van der Waals surface area contributed by atoms with Gasteiger partial charge in [0.2, 0.25) is 5.91 Å². The number of carbonyl (C=O) groups is 1. The first-order chi connectivity index (χ1) is 8.66. The predicted molar refractivity (Wildman–Crippen MR) is 67.9 cm³/mol. The fourth-order valence-electron chi connectivity index (χ4n) is 2.37. The number of anilines is 1. The van der Waals surface area contributed by atoms with E-state index < -0.39 is 0 Å². The van der Waals surface area contributed by atoms with Gasteiger partial charge in [-0.2, -0.15) is 5.10 Å². The summed E-state index contributed by atoms with van der Waals surface area (Å²) in [5.41, 5.74) is 0. The normalized spacial score (nSPS) is 23.4. The van der Waals surface area contributed by atoms with Gasteiger partial charge in [0, 0.05) is 26.1 Å². The van der Waals surface area contributed by atoms with Crippen molar-refractivity contribution >= 4 is 11.7 Å². The van der Waals surface area contributed by atoms with Crippen LogP contribution in [0.5, 0.6) is 0 Å². The van der Waals surface area contributed by atoms with E-state index in [1.54, 1.807) is 11.1 Å². The van der Waals surface area contributed by atoms with Crippen molar-refractivity contribution in [3.05, 3.63) is 12.5 Å². The number of carbonyl (C=O) groups excluding carboxylic acids is 1. The van der Waals surface area contributed by atoms with Crippen LogP contribution in [0.4, 0.5) is 5.82 Å². The molecular formula is C12H19N5O. The highest BCUT2D eigenvalue weighted by atomic mass is 16.2. The Hall–Kier alpha value is -1.72. The first-order valence-corrected chi connectivity index (χ1v) is 6.27. The summed E-state index contributed by atoms with van der Waals surface area (Å²) in [4.78, 5) is 17.6. The SMILES string of the molecule is CN(C)C(=O)C1CCC(Nc2cnncn2)CC1. The quantitative estimate of drug-likeness (QED) is 0.863. The van der Waals surface area contributed by atoms with Gasteiger partial charge in [0.1, 0.15) is 12.1 Å². The Labute approximate surface area is 107 Å². The molecule has 6 nitrogen and oxygen atoms in total. The third-order valence-electron chi connectivity index (χ3n) is 3.36. The molecule has 0 radical (unpaired) electrons. The second-order valence-corrected chi connectivity index (χ2v) is 4.92. The summed E-state index contributed by atoms with van der Waals surface area (Å²) in [5.74, 6) is 1.19. The smallest absolute Gasteiger partial charge is 0.225 e. The molecule has 1 amide bonds. The third kappa shape index (κ3) is 3.15. The number of amides is 1. The van der Waals surface area contributed by atoms with E-state index in [-0.39, 0.29) is 11.8 Å². The number of aromatic nitrogens is 3. The molecule has 0 atom stereocenters. The molecule has 0 unspecified atom stereocenters. The molecule has 1 fully saturated rings. The van der Waals surface area contributed by atoms with Gasteiger partial charge in [0.15, 0.2) is 0 Å². The van der Waals surface area contributed by atoms with Crippen LogP contribution >= 0.6 is 0 Å². The first-order valence-electron chi connectivity index (χ1n) is 6.27. The molecular weight excluding hydrogens is 230 g/mol. The van der Waals surface area contributed by atoms with E-state index in [1.165, 1.54) is 6.33 Å². The van der Waals surface area contributed by atoms with Crippen LogP contribution in [0.2, 0.25) is 0 Å². The number of nitrogens with one attached hydrogen (secondary N) is 1. The number of nitrogens with zero attached hydrogens (tertiary/aromatic N) is 4. The number of rotatable bonds is 3. The average molecular weight is 249 g/mol. The molecule has 0 saturated heterocycles. The van der Waals surface area contributed by atoms with Gasteiger partial charge in [-0.1, -0.05) is 0 Å². The van der Waals surface area contributed by atoms with Crippen molar-refractivity contribution in [2.45, 2.75) is 31.7 Å². The van der Waals surface area contributed by atoms with Crippen molar-refractivity contribution in [3.63, 3.8) is 0 Å². The van der Waals surface area contributed by atoms with Crippen molar-refractivity contribution in [3.8, 4) is 0 Å². The van der Waals surface area contributed by atoms with Gasteiger partial charge in [-0.05, 0) is 25.7 Å². The average Bonchev–Trinajstić information content (AvgIpc) is 2.40. The largest absolute Gasteiger partial charge is 0.366 e. The van der Waals surface area contributed by atoms with Gasteiger partial charge in [0.25, 0.3) is 0 Å². The molecule has 0 aliphatic heterocycles. The lowest BCUT2D eigenvalue weighted by Crippen LogP contribution is -2.35. The predicted octanol–water partition coefficient (Wildman–Crippen LogP) is 0.930.